The Balaban J connectivity index is 1.39. The van der Waals surface area contributed by atoms with Crippen molar-refractivity contribution in [3.05, 3.63) is 65.3 Å². The van der Waals surface area contributed by atoms with Crippen LogP contribution in [0.3, 0.4) is 0 Å². The van der Waals surface area contributed by atoms with Crippen LogP contribution in [0.1, 0.15) is 10.4 Å². The standard InChI is InChI=1S/C22H16N4OS/c1-27-20-5-3-14(11-24-20)18-9-15-19(28-18)10-16-21(25-26-22(15)16)13-2-4-17-12(8-13)6-7-23-17/h2-9,11,23H,10H2,1H3,(H,25,26). The fourth-order valence-electron chi connectivity index (χ4n) is 3.92. The molecule has 28 heavy (non-hydrogen) atoms. The van der Waals surface area contributed by atoms with Crippen LogP contribution in [0.25, 0.3) is 43.9 Å². The van der Waals surface area contributed by atoms with Crippen molar-refractivity contribution in [2.75, 3.05) is 7.11 Å². The van der Waals surface area contributed by atoms with Gasteiger partial charge in [-0.25, -0.2) is 4.98 Å². The Bertz CT molecular complexity index is 1330. The van der Waals surface area contributed by atoms with Gasteiger partial charge >= 0.3 is 0 Å². The van der Waals surface area contributed by atoms with Gasteiger partial charge in [-0.1, -0.05) is 6.07 Å². The highest BCUT2D eigenvalue weighted by Gasteiger charge is 2.27. The number of thiophene rings is 1. The van der Waals surface area contributed by atoms with E-state index in [0.29, 0.717) is 5.88 Å². The number of fused-ring (bicyclic) bond motifs is 4. The number of methoxy groups -OCH3 is 1. The number of hydrogen-bond acceptors (Lipinski definition) is 4. The molecule has 0 saturated heterocycles. The molecule has 1 aliphatic carbocycles. The Kier molecular flexibility index (Phi) is 3.25. The number of pyridine rings is 1. The van der Waals surface area contributed by atoms with Crippen molar-refractivity contribution in [3.63, 3.8) is 0 Å². The van der Waals surface area contributed by atoms with E-state index in [1.54, 1.807) is 7.11 Å². The van der Waals surface area contributed by atoms with Crippen LogP contribution in [0, 0.1) is 0 Å². The summed E-state index contributed by atoms with van der Waals surface area (Å²) in [6, 6.07) is 14.7. The molecule has 2 N–H and O–H groups in total. The number of ether oxygens (including phenoxy) is 1. The van der Waals surface area contributed by atoms with Crippen molar-refractivity contribution in [1.82, 2.24) is 20.2 Å². The summed E-state index contributed by atoms with van der Waals surface area (Å²) >= 11 is 1.82. The fraction of sp³-hybridized carbons (Fsp3) is 0.0909. The SMILES string of the molecule is COc1ccc(-c2cc3c(s2)Cc2c(-c4ccc5[nH]ccc5c4)n[nH]c2-3)cn1. The third-order valence-electron chi connectivity index (χ3n) is 5.34. The van der Waals surface area contributed by atoms with Gasteiger partial charge in [-0.3, -0.25) is 5.10 Å². The third-order valence-corrected chi connectivity index (χ3v) is 6.52. The second-order valence-corrected chi connectivity index (χ2v) is 8.06. The summed E-state index contributed by atoms with van der Waals surface area (Å²) in [4.78, 5) is 10.2. The summed E-state index contributed by atoms with van der Waals surface area (Å²) in [5.74, 6) is 0.632. The number of aromatic nitrogens is 4. The number of hydrogen-bond donors (Lipinski definition) is 2. The van der Waals surface area contributed by atoms with E-state index in [9.17, 15) is 0 Å². The van der Waals surface area contributed by atoms with Crippen LogP contribution in [0.5, 0.6) is 5.88 Å². The van der Waals surface area contributed by atoms with Crippen molar-refractivity contribution in [2.24, 2.45) is 0 Å². The lowest BCUT2D eigenvalue weighted by atomic mass is 10.0. The Morgan fingerprint density at radius 3 is 2.86 bits per heavy atom. The quantitative estimate of drug-likeness (QED) is 0.437. The van der Waals surface area contributed by atoms with E-state index in [1.165, 1.54) is 26.3 Å². The summed E-state index contributed by atoms with van der Waals surface area (Å²) in [6.45, 7) is 0. The second kappa shape index (κ2) is 5.81. The van der Waals surface area contributed by atoms with Crippen molar-refractivity contribution in [1.29, 1.82) is 0 Å². The maximum absolute atomic E-state index is 5.16. The van der Waals surface area contributed by atoms with Gasteiger partial charge in [0.1, 0.15) is 0 Å². The van der Waals surface area contributed by atoms with Crippen LogP contribution in [-0.2, 0) is 6.42 Å². The predicted octanol–water partition coefficient (Wildman–Crippen LogP) is 5.26. The molecular weight excluding hydrogens is 368 g/mol. The number of nitrogens with zero attached hydrogens (tertiary/aromatic N) is 2. The minimum atomic E-state index is 0.632. The van der Waals surface area contributed by atoms with Gasteiger partial charge in [0.05, 0.1) is 18.5 Å². The molecule has 0 spiro atoms. The minimum absolute atomic E-state index is 0.632. The van der Waals surface area contributed by atoms with Crippen molar-refractivity contribution < 1.29 is 4.74 Å². The maximum atomic E-state index is 5.16. The highest BCUT2D eigenvalue weighted by molar-refractivity contribution is 7.16. The van der Waals surface area contributed by atoms with Gasteiger partial charge in [0.25, 0.3) is 0 Å². The molecule has 0 saturated carbocycles. The summed E-state index contributed by atoms with van der Waals surface area (Å²) in [5, 5.41) is 9.13. The summed E-state index contributed by atoms with van der Waals surface area (Å²) in [5.41, 5.74) is 8.15. The first-order valence-electron chi connectivity index (χ1n) is 9.08. The van der Waals surface area contributed by atoms with Crippen LogP contribution in [0.2, 0.25) is 0 Å². The van der Waals surface area contributed by atoms with Crippen molar-refractivity contribution in [2.45, 2.75) is 6.42 Å². The molecular formula is C22H16N4OS. The van der Waals surface area contributed by atoms with Gasteiger partial charge in [0.2, 0.25) is 5.88 Å². The van der Waals surface area contributed by atoms with Crippen LogP contribution in [-0.4, -0.2) is 27.3 Å². The molecule has 4 heterocycles. The van der Waals surface area contributed by atoms with Gasteiger partial charge in [0.15, 0.2) is 0 Å². The molecule has 5 aromatic rings. The Hall–Kier alpha value is -3.38. The number of aromatic amines is 2. The first-order chi connectivity index (χ1) is 13.8. The highest BCUT2D eigenvalue weighted by Crippen LogP contribution is 2.46. The number of benzene rings is 1. The van der Waals surface area contributed by atoms with E-state index in [1.807, 2.05) is 29.8 Å². The van der Waals surface area contributed by atoms with Gasteiger partial charge in [-0.05, 0) is 30.3 Å². The van der Waals surface area contributed by atoms with Crippen LogP contribution in [0.4, 0.5) is 0 Å². The van der Waals surface area contributed by atoms with Crippen molar-refractivity contribution in [3.8, 4) is 38.8 Å². The molecule has 0 atom stereocenters. The van der Waals surface area contributed by atoms with Crippen molar-refractivity contribution >= 4 is 22.2 Å². The van der Waals surface area contributed by atoms with E-state index in [2.05, 4.69) is 56.6 Å². The largest absolute Gasteiger partial charge is 0.481 e. The second-order valence-electron chi connectivity index (χ2n) is 6.92. The average molecular weight is 384 g/mol. The number of rotatable bonds is 3. The average Bonchev–Trinajstić information content (AvgIpc) is 3.48. The highest BCUT2D eigenvalue weighted by atomic mass is 32.1. The summed E-state index contributed by atoms with van der Waals surface area (Å²) < 4.78 is 5.16. The normalized spacial score (nSPS) is 12.3. The molecule has 0 amide bonds. The van der Waals surface area contributed by atoms with Gasteiger partial charge in [-0.2, -0.15) is 5.10 Å². The molecule has 1 aromatic carbocycles. The smallest absolute Gasteiger partial charge is 0.212 e. The molecule has 5 nitrogen and oxygen atoms in total. The summed E-state index contributed by atoms with van der Waals surface area (Å²) in [6.07, 6.45) is 4.75. The Morgan fingerprint density at radius 1 is 1.07 bits per heavy atom. The van der Waals surface area contributed by atoms with Gasteiger partial charge in [-0.15, -0.1) is 11.3 Å². The minimum Gasteiger partial charge on any atom is -0.481 e. The van der Waals surface area contributed by atoms with Gasteiger partial charge in [0, 0.05) is 67.8 Å². The van der Waals surface area contributed by atoms with Gasteiger partial charge < -0.3 is 9.72 Å². The molecule has 0 radical (unpaired) electrons. The third kappa shape index (κ3) is 2.25. The molecule has 0 bridgehead atoms. The fourth-order valence-corrected chi connectivity index (χ4v) is 5.09. The molecule has 1 aliphatic rings. The van der Waals surface area contributed by atoms with E-state index >= 15 is 0 Å². The lowest BCUT2D eigenvalue weighted by Crippen LogP contribution is -1.86. The predicted molar refractivity (Wildman–Crippen MR) is 112 cm³/mol. The van der Waals surface area contributed by atoms with E-state index in [4.69, 9.17) is 4.74 Å². The topological polar surface area (TPSA) is 66.6 Å². The van der Waals surface area contributed by atoms with E-state index in [0.717, 1.165) is 34.5 Å². The zero-order valence-corrected chi connectivity index (χ0v) is 15.9. The maximum Gasteiger partial charge on any atom is 0.212 e. The summed E-state index contributed by atoms with van der Waals surface area (Å²) in [7, 11) is 1.63. The lowest BCUT2D eigenvalue weighted by molar-refractivity contribution is 0.398. The molecule has 0 unspecified atom stereocenters. The molecule has 4 aromatic heterocycles. The monoisotopic (exact) mass is 384 g/mol. The molecule has 6 heteroatoms. The first kappa shape index (κ1) is 15.7. The first-order valence-corrected chi connectivity index (χ1v) is 9.90. The van der Waals surface area contributed by atoms with Crippen LogP contribution < -0.4 is 4.74 Å². The van der Waals surface area contributed by atoms with Crippen LogP contribution in [0.15, 0.2) is 54.9 Å². The molecule has 136 valence electrons. The Labute approximate surface area is 165 Å². The van der Waals surface area contributed by atoms with E-state index in [-0.39, 0.29) is 0 Å². The molecule has 0 aliphatic heterocycles. The molecule has 6 rings (SSSR count). The lowest BCUT2D eigenvalue weighted by Gasteiger charge is -2.02. The number of H-pyrrole nitrogens is 2. The van der Waals surface area contributed by atoms with E-state index < -0.39 is 0 Å². The zero-order valence-electron chi connectivity index (χ0n) is 15.1. The Morgan fingerprint density at radius 2 is 2.00 bits per heavy atom. The molecule has 0 fully saturated rings. The van der Waals surface area contributed by atoms with Crippen LogP contribution >= 0.6 is 11.3 Å². The number of nitrogens with one attached hydrogen (secondary N) is 2. The zero-order chi connectivity index (χ0) is 18.7.